The Balaban J connectivity index is 2.94. The van der Waals surface area contributed by atoms with E-state index in [1.165, 1.54) is 0 Å². The number of non-ortho nitro benzene ring substituents is 1. The van der Waals surface area contributed by atoms with Crippen molar-refractivity contribution in [2.24, 2.45) is 5.73 Å². The normalized spacial score (nSPS) is 12.8. The standard InChI is InChI=1S/C9H9F3N2O2/c10-7-2-1-6(14(15)16)3-5(7)4-8(13)9(11)12/h1-3,8-9H,4,13H2. The van der Waals surface area contributed by atoms with Gasteiger partial charge in [-0.3, -0.25) is 10.1 Å². The van der Waals surface area contributed by atoms with E-state index in [0.29, 0.717) is 0 Å². The van der Waals surface area contributed by atoms with Gasteiger partial charge >= 0.3 is 0 Å². The van der Waals surface area contributed by atoms with Crippen LogP contribution in [-0.4, -0.2) is 17.4 Å². The molecular weight excluding hydrogens is 225 g/mol. The third-order valence-corrected chi connectivity index (χ3v) is 2.02. The van der Waals surface area contributed by atoms with Crippen molar-refractivity contribution in [2.45, 2.75) is 18.9 Å². The van der Waals surface area contributed by atoms with Crippen LogP contribution in [0.2, 0.25) is 0 Å². The molecule has 0 radical (unpaired) electrons. The molecule has 88 valence electrons. The van der Waals surface area contributed by atoms with E-state index in [1.54, 1.807) is 0 Å². The number of hydrogen-bond acceptors (Lipinski definition) is 3. The van der Waals surface area contributed by atoms with Gasteiger partial charge in [0.2, 0.25) is 0 Å². The van der Waals surface area contributed by atoms with Crippen LogP contribution in [0.25, 0.3) is 0 Å². The fourth-order valence-corrected chi connectivity index (χ4v) is 1.17. The minimum Gasteiger partial charge on any atom is -0.323 e. The lowest BCUT2D eigenvalue weighted by molar-refractivity contribution is -0.385. The van der Waals surface area contributed by atoms with Gasteiger partial charge in [-0.1, -0.05) is 0 Å². The van der Waals surface area contributed by atoms with Crippen LogP contribution in [0.1, 0.15) is 5.56 Å². The third-order valence-electron chi connectivity index (χ3n) is 2.02. The van der Waals surface area contributed by atoms with Crippen molar-refractivity contribution >= 4 is 5.69 Å². The number of alkyl halides is 2. The van der Waals surface area contributed by atoms with E-state index < -0.39 is 29.6 Å². The molecule has 1 aromatic carbocycles. The van der Waals surface area contributed by atoms with Crippen LogP contribution in [0.15, 0.2) is 18.2 Å². The molecule has 1 rings (SSSR count). The first kappa shape index (κ1) is 12.4. The highest BCUT2D eigenvalue weighted by Crippen LogP contribution is 2.19. The molecule has 0 saturated carbocycles. The molecule has 0 aliphatic rings. The summed E-state index contributed by atoms with van der Waals surface area (Å²) in [7, 11) is 0. The van der Waals surface area contributed by atoms with Gasteiger partial charge in [0.25, 0.3) is 12.1 Å². The number of rotatable bonds is 4. The monoisotopic (exact) mass is 234 g/mol. The highest BCUT2D eigenvalue weighted by Gasteiger charge is 2.19. The topological polar surface area (TPSA) is 69.2 Å². The quantitative estimate of drug-likeness (QED) is 0.638. The summed E-state index contributed by atoms with van der Waals surface area (Å²) in [5, 5.41) is 10.4. The zero-order valence-corrected chi connectivity index (χ0v) is 8.07. The first-order chi connectivity index (χ1) is 7.41. The van der Waals surface area contributed by atoms with E-state index in [-0.39, 0.29) is 11.3 Å². The van der Waals surface area contributed by atoms with Crippen molar-refractivity contribution in [3.8, 4) is 0 Å². The third kappa shape index (κ3) is 2.93. The van der Waals surface area contributed by atoms with Crippen molar-refractivity contribution in [3.63, 3.8) is 0 Å². The number of nitrogens with zero attached hydrogens (tertiary/aromatic N) is 1. The summed E-state index contributed by atoms with van der Waals surface area (Å²) in [6.45, 7) is 0. The van der Waals surface area contributed by atoms with Crippen LogP contribution in [0.5, 0.6) is 0 Å². The van der Waals surface area contributed by atoms with Gasteiger partial charge in [0, 0.05) is 12.1 Å². The summed E-state index contributed by atoms with van der Waals surface area (Å²) in [6, 6.07) is 1.21. The Labute approximate surface area is 89.0 Å². The number of benzene rings is 1. The maximum Gasteiger partial charge on any atom is 0.269 e. The smallest absolute Gasteiger partial charge is 0.269 e. The van der Waals surface area contributed by atoms with Gasteiger partial charge in [-0.05, 0) is 18.1 Å². The molecule has 7 heteroatoms. The number of nitrogens with two attached hydrogens (primary N) is 1. The molecule has 0 spiro atoms. The highest BCUT2D eigenvalue weighted by atomic mass is 19.3. The Hall–Kier alpha value is -1.63. The number of hydrogen-bond donors (Lipinski definition) is 1. The van der Waals surface area contributed by atoms with Crippen molar-refractivity contribution in [1.29, 1.82) is 0 Å². The number of nitro groups is 1. The van der Waals surface area contributed by atoms with Crippen molar-refractivity contribution < 1.29 is 18.1 Å². The predicted molar refractivity (Wildman–Crippen MR) is 50.7 cm³/mol. The highest BCUT2D eigenvalue weighted by molar-refractivity contribution is 5.35. The molecule has 1 aromatic rings. The second-order valence-electron chi connectivity index (χ2n) is 3.24. The molecule has 1 unspecified atom stereocenters. The molecular formula is C9H9F3N2O2. The summed E-state index contributed by atoms with van der Waals surface area (Å²) < 4.78 is 37.4. The molecule has 16 heavy (non-hydrogen) atoms. The van der Waals surface area contributed by atoms with Crippen LogP contribution < -0.4 is 5.73 Å². The fraction of sp³-hybridized carbons (Fsp3) is 0.333. The van der Waals surface area contributed by atoms with E-state index in [4.69, 9.17) is 5.73 Å². The van der Waals surface area contributed by atoms with E-state index in [0.717, 1.165) is 18.2 Å². The van der Waals surface area contributed by atoms with E-state index in [1.807, 2.05) is 0 Å². The second-order valence-corrected chi connectivity index (χ2v) is 3.24. The van der Waals surface area contributed by atoms with Crippen LogP contribution in [-0.2, 0) is 6.42 Å². The Morgan fingerprint density at radius 2 is 2.06 bits per heavy atom. The molecule has 4 nitrogen and oxygen atoms in total. The number of nitro benzene ring substituents is 1. The fourth-order valence-electron chi connectivity index (χ4n) is 1.17. The van der Waals surface area contributed by atoms with Gasteiger partial charge in [0.05, 0.1) is 11.0 Å². The zero-order valence-electron chi connectivity index (χ0n) is 8.07. The molecule has 2 N–H and O–H groups in total. The van der Waals surface area contributed by atoms with Crippen molar-refractivity contribution in [1.82, 2.24) is 0 Å². The lowest BCUT2D eigenvalue weighted by Crippen LogP contribution is -2.31. The minimum absolute atomic E-state index is 0.179. The van der Waals surface area contributed by atoms with Crippen LogP contribution in [0.3, 0.4) is 0 Å². The average Bonchev–Trinajstić information content (AvgIpc) is 2.20. The van der Waals surface area contributed by atoms with E-state index >= 15 is 0 Å². The molecule has 0 amide bonds. The summed E-state index contributed by atoms with van der Waals surface area (Å²) in [5.74, 6) is -0.776. The maximum absolute atomic E-state index is 13.1. The molecule has 0 heterocycles. The molecule has 0 aliphatic carbocycles. The van der Waals surface area contributed by atoms with Gasteiger partial charge in [0.15, 0.2) is 0 Å². The van der Waals surface area contributed by atoms with Gasteiger partial charge in [-0.25, -0.2) is 13.2 Å². The average molecular weight is 234 g/mol. The van der Waals surface area contributed by atoms with Gasteiger partial charge in [0.1, 0.15) is 5.82 Å². The summed E-state index contributed by atoms with van der Waals surface area (Å²) in [4.78, 5) is 9.66. The molecule has 0 saturated heterocycles. The Kier molecular flexibility index (Phi) is 3.83. The predicted octanol–water partition coefficient (Wildman–Crippen LogP) is 1.87. The molecule has 0 fully saturated rings. The van der Waals surface area contributed by atoms with Gasteiger partial charge in [-0.2, -0.15) is 0 Å². The summed E-state index contributed by atoms with van der Waals surface area (Å²) in [6.07, 6.45) is -3.23. The zero-order chi connectivity index (χ0) is 12.3. The maximum atomic E-state index is 13.1. The Morgan fingerprint density at radius 1 is 1.44 bits per heavy atom. The van der Waals surface area contributed by atoms with E-state index in [9.17, 15) is 23.3 Å². The van der Waals surface area contributed by atoms with Gasteiger partial charge < -0.3 is 5.73 Å². The van der Waals surface area contributed by atoms with Crippen LogP contribution >= 0.6 is 0 Å². The van der Waals surface area contributed by atoms with Crippen LogP contribution in [0, 0.1) is 15.9 Å². The molecule has 0 aromatic heterocycles. The van der Waals surface area contributed by atoms with E-state index in [2.05, 4.69) is 0 Å². The largest absolute Gasteiger partial charge is 0.323 e. The first-order valence-corrected chi connectivity index (χ1v) is 4.38. The van der Waals surface area contributed by atoms with Crippen LogP contribution in [0.4, 0.5) is 18.9 Å². The Morgan fingerprint density at radius 3 is 2.56 bits per heavy atom. The molecule has 1 atom stereocenters. The Bertz CT molecular complexity index is 398. The molecule has 0 bridgehead atoms. The second kappa shape index (κ2) is 4.93. The lowest BCUT2D eigenvalue weighted by Gasteiger charge is -2.10. The summed E-state index contributed by atoms with van der Waals surface area (Å²) >= 11 is 0. The molecule has 0 aliphatic heterocycles. The summed E-state index contributed by atoms with van der Waals surface area (Å²) in [5.41, 5.74) is 4.53. The lowest BCUT2D eigenvalue weighted by atomic mass is 10.1. The minimum atomic E-state index is -2.79. The van der Waals surface area contributed by atoms with Gasteiger partial charge in [-0.15, -0.1) is 0 Å². The van der Waals surface area contributed by atoms with Crippen molar-refractivity contribution in [2.75, 3.05) is 0 Å². The number of halogens is 3. The van der Waals surface area contributed by atoms with Crippen molar-refractivity contribution in [3.05, 3.63) is 39.7 Å². The first-order valence-electron chi connectivity index (χ1n) is 4.38. The SMILES string of the molecule is NC(Cc1cc([N+](=O)[O-])ccc1F)C(F)F.